The number of carbonyl (C=O) groups excluding carboxylic acids is 1. The number of nitrogens with zero attached hydrogens (tertiary/aromatic N) is 6. The van der Waals surface area contributed by atoms with Crippen LogP contribution in [0.1, 0.15) is 10.4 Å². The molecule has 1 aliphatic rings. The van der Waals surface area contributed by atoms with E-state index in [9.17, 15) is 4.79 Å². The van der Waals surface area contributed by atoms with Crippen LogP contribution in [0.25, 0.3) is 5.82 Å². The topological polar surface area (TPSA) is 76.4 Å². The van der Waals surface area contributed by atoms with E-state index >= 15 is 0 Å². The number of piperazine rings is 1. The highest BCUT2D eigenvalue weighted by molar-refractivity contribution is 6.31. The number of rotatable bonds is 4. The normalized spacial score (nSPS) is 14.2. The molecule has 0 atom stereocenters. The highest BCUT2D eigenvalue weighted by atomic mass is 35.5. The van der Waals surface area contributed by atoms with Gasteiger partial charge in [0.2, 0.25) is 0 Å². The number of methoxy groups -OCH3 is 1. The fraction of sp³-hybridized carbons (Fsp3) is 0.263. The fourth-order valence-corrected chi connectivity index (χ4v) is 3.37. The zero-order valence-electron chi connectivity index (χ0n) is 15.3. The first kappa shape index (κ1) is 18.2. The lowest BCUT2D eigenvalue weighted by Crippen LogP contribution is -2.49. The van der Waals surface area contributed by atoms with E-state index in [0.717, 1.165) is 11.6 Å². The van der Waals surface area contributed by atoms with Crippen LogP contribution < -0.4 is 9.64 Å². The van der Waals surface area contributed by atoms with Gasteiger partial charge in [0.15, 0.2) is 0 Å². The van der Waals surface area contributed by atoms with Gasteiger partial charge in [-0.2, -0.15) is 0 Å². The monoisotopic (exact) mass is 398 g/mol. The largest absolute Gasteiger partial charge is 0.496 e. The molecule has 9 heteroatoms. The maximum Gasteiger partial charge on any atom is 0.257 e. The first-order valence-electron chi connectivity index (χ1n) is 8.84. The average Bonchev–Trinajstić information content (AvgIpc) is 3.28. The number of carbonyl (C=O) groups is 1. The van der Waals surface area contributed by atoms with Crippen LogP contribution in [0.15, 0.2) is 49.3 Å². The van der Waals surface area contributed by atoms with Crippen LogP contribution in [0.2, 0.25) is 5.02 Å². The number of benzene rings is 1. The predicted octanol–water partition coefficient (Wildman–Crippen LogP) is 2.29. The minimum Gasteiger partial charge on any atom is -0.496 e. The van der Waals surface area contributed by atoms with Crippen LogP contribution in [0, 0.1) is 0 Å². The second-order valence-corrected chi connectivity index (χ2v) is 6.76. The molecule has 0 radical (unpaired) electrons. The van der Waals surface area contributed by atoms with Crippen molar-refractivity contribution >= 4 is 23.3 Å². The minimum atomic E-state index is -0.0826. The van der Waals surface area contributed by atoms with E-state index in [4.69, 9.17) is 16.3 Å². The molecule has 0 spiro atoms. The first-order chi connectivity index (χ1) is 13.7. The van der Waals surface area contributed by atoms with Crippen LogP contribution in [0.5, 0.6) is 5.75 Å². The maximum absolute atomic E-state index is 12.9. The van der Waals surface area contributed by atoms with Crippen molar-refractivity contribution in [3.8, 4) is 11.6 Å². The summed E-state index contributed by atoms with van der Waals surface area (Å²) in [5, 5.41) is 0.510. The Balaban J connectivity index is 1.46. The fourth-order valence-electron chi connectivity index (χ4n) is 3.20. The molecule has 3 aromatic rings. The highest BCUT2D eigenvalue weighted by Crippen LogP contribution is 2.25. The quantitative estimate of drug-likeness (QED) is 0.671. The lowest BCUT2D eigenvalue weighted by molar-refractivity contribution is 0.0743. The molecule has 3 heterocycles. The van der Waals surface area contributed by atoms with Gasteiger partial charge in [-0.05, 0) is 18.2 Å². The zero-order valence-corrected chi connectivity index (χ0v) is 16.1. The Morgan fingerprint density at radius 3 is 2.61 bits per heavy atom. The van der Waals surface area contributed by atoms with Crippen molar-refractivity contribution in [3.05, 3.63) is 59.9 Å². The number of imidazole rings is 1. The van der Waals surface area contributed by atoms with Crippen molar-refractivity contribution in [2.24, 2.45) is 0 Å². The van der Waals surface area contributed by atoms with Gasteiger partial charge in [-0.1, -0.05) is 11.6 Å². The summed E-state index contributed by atoms with van der Waals surface area (Å²) >= 11 is 6.06. The summed E-state index contributed by atoms with van der Waals surface area (Å²) in [5.41, 5.74) is 0.480. The Hall–Kier alpha value is -3.13. The van der Waals surface area contributed by atoms with Crippen LogP contribution in [-0.2, 0) is 0 Å². The Bertz CT molecular complexity index is 970. The van der Waals surface area contributed by atoms with Crippen LogP contribution in [0.3, 0.4) is 0 Å². The second-order valence-electron chi connectivity index (χ2n) is 6.33. The molecule has 28 heavy (non-hydrogen) atoms. The van der Waals surface area contributed by atoms with Crippen molar-refractivity contribution in [3.63, 3.8) is 0 Å². The van der Waals surface area contributed by atoms with Gasteiger partial charge in [0, 0.05) is 49.7 Å². The average molecular weight is 399 g/mol. The molecule has 0 aliphatic carbocycles. The summed E-state index contributed by atoms with van der Waals surface area (Å²) in [6, 6.07) is 6.99. The summed E-state index contributed by atoms with van der Waals surface area (Å²) < 4.78 is 7.14. The molecular weight excluding hydrogens is 380 g/mol. The summed E-state index contributed by atoms with van der Waals surface area (Å²) in [6.45, 7) is 2.52. The lowest BCUT2D eigenvalue weighted by atomic mass is 10.1. The smallest absolute Gasteiger partial charge is 0.257 e. The van der Waals surface area contributed by atoms with E-state index < -0.39 is 0 Å². The van der Waals surface area contributed by atoms with Gasteiger partial charge in [0.05, 0.1) is 12.7 Å². The third kappa shape index (κ3) is 3.63. The van der Waals surface area contributed by atoms with Crippen molar-refractivity contribution in [1.29, 1.82) is 0 Å². The third-order valence-corrected chi connectivity index (χ3v) is 4.93. The van der Waals surface area contributed by atoms with Crippen LogP contribution >= 0.6 is 11.6 Å². The van der Waals surface area contributed by atoms with Crippen molar-refractivity contribution < 1.29 is 9.53 Å². The van der Waals surface area contributed by atoms with Crippen LogP contribution in [0.4, 0.5) is 5.82 Å². The van der Waals surface area contributed by atoms with E-state index in [-0.39, 0.29) is 5.91 Å². The molecule has 0 saturated carbocycles. The maximum atomic E-state index is 12.9. The van der Waals surface area contributed by atoms with E-state index in [1.165, 1.54) is 0 Å². The molecule has 144 valence electrons. The van der Waals surface area contributed by atoms with Crippen molar-refractivity contribution in [1.82, 2.24) is 24.4 Å². The molecule has 1 saturated heterocycles. The second kappa shape index (κ2) is 7.85. The van der Waals surface area contributed by atoms with Gasteiger partial charge in [0.25, 0.3) is 5.91 Å². The number of aromatic nitrogens is 4. The van der Waals surface area contributed by atoms with Crippen LogP contribution in [-0.4, -0.2) is 63.6 Å². The van der Waals surface area contributed by atoms with Crippen molar-refractivity contribution in [2.45, 2.75) is 0 Å². The van der Waals surface area contributed by atoms with Gasteiger partial charge in [-0.3, -0.25) is 9.36 Å². The number of hydrogen-bond acceptors (Lipinski definition) is 6. The summed E-state index contributed by atoms with van der Waals surface area (Å²) in [7, 11) is 1.55. The van der Waals surface area contributed by atoms with E-state index in [1.54, 1.807) is 44.2 Å². The van der Waals surface area contributed by atoms with Gasteiger partial charge in [-0.15, -0.1) is 0 Å². The number of halogens is 1. The van der Waals surface area contributed by atoms with E-state index in [2.05, 4.69) is 19.9 Å². The molecule has 0 N–H and O–H groups in total. The zero-order chi connectivity index (χ0) is 19.5. The predicted molar refractivity (Wildman–Crippen MR) is 105 cm³/mol. The molecule has 0 unspecified atom stereocenters. The Morgan fingerprint density at radius 1 is 1.11 bits per heavy atom. The number of ether oxygens (including phenoxy) is 1. The van der Waals surface area contributed by atoms with E-state index in [0.29, 0.717) is 42.5 Å². The standard InChI is InChI=1S/C19H19ClN6O2/c1-28-16-3-2-14(20)10-15(16)19(27)25-8-6-24(7-9-25)17-11-18(23-12-22-17)26-5-4-21-13-26/h2-5,10-13H,6-9H2,1H3. The highest BCUT2D eigenvalue weighted by Gasteiger charge is 2.25. The Morgan fingerprint density at radius 2 is 1.89 bits per heavy atom. The molecule has 1 fully saturated rings. The number of anilines is 1. The Kier molecular flexibility index (Phi) is 5.12. The van der Waals surface area contributed by atoms with Gasteiger partial charge in [-0.25, -0.2) is 15.0 Å². The summed E-state index contributed by atoms with van der Waals surface area (Å²) in [6.07, 6.45) is 6.78. The van der Waals surface area contributed by atoms with Crippen molar-refractivity contribution in [2.75, 3.05) is 38.2 Å². The van der Waals surface area contributed by atoms with Gasteiger partial charge < -0.3 is 14.5 Å². The number of amides is 1. The molecule has 4 rings (SSSR count). The number of hydrogen-bond donors (Lipinski definition) is 0. The molecule has 8 nitrogen and oxygen atoms in total. The molecule has 1 aromatic carbocycles. The lowest BCUT2D eigenvalue weighted by Gasteiger charge is -2.35. The van der Waals surface area contributed by atoms with E-state index in [1.807, 2.05) is 21.7 Å². The molecular formula is C19H19ClN6O2. The molecule has 0 bridgehead atoms. The minimum absolute atomic E-state index is 0.0826. The third-order valence-electron chi connectivity index (χ3n) is 4.69. The summed E-state index contributed by atoms with van der Waals surface area (Å²) in [4.78, 5) is 29.6. The van der Waals surface area contributed by atoms with Gasteiger partial charge >= 0.3 is 0 Å². The molecule has 1 amide bonds. The summed E-state index contributed by atoms with van der Waals surface area (Å²) in [5.74, 6) is 2.02. The molecule has 1 aliphatic heterocycles. The molecule has 2 aromatic heterocycles. The first-order valence-corrected chi connectivity index (χ1v) is 9.21. The SMILES string of the molecule is COc1ccc(Cl)cc1C(=O)N1CCN(c2cc(-n3ccnc3)ncn2)CC1. The Labute approximate surface area is 167 Å². The van der Waals surface area contributed by atoms with Gasteiger partial charge in [0.1, 0.15) is 30.0 Å².